The molecule has 0 atom stereocenters. The van der Waals surface area contributed by atoms with Crippen molar-refractivity contribution in [2.24, 2.45) is 0 Å². The Morgan fingerprint density at radius 2 is 1.71 bits per heavy atom. The molecule has 0 unspecified atom stereocenters. The molecule has 1 saturated heterocycles. The molecule has 24 heavy (non-hydrogen) atoms. The monoisotopic (exact) mass is 321 g/mol. The lowest BCUT2D eigenvalue weighted by atomic mass is 10.1. The molecule has 0 aliphatic carbocycles. The highest BCUT2D eigenvalue weighted by Gasteiger charge is 2.22. The number of para-hydroxylation sites is 1. The molecule has 122 valence electrons. The molecule has 3 aromatic rings. The minimum absolute atomic E-state index is 0.537. The third kappa shape index (κ3) is 2.84. The second-order valence-corrected chi connectivity index (χ2v) is 5.94. The number of aromatic nitrogens is 2. The van der Waals surface area contributed by atoms with Gasteiger partial charge in [0.05, 0.1) is 18.6 Å². The number of hydrogen-bond acceptors (Lipinski definition) is 4. The summed E-state index contributed by atoms with van der Waals surface area (Å²) in [4.78, 5) is 6.84. The third-order valence-electron chi connectivity index (χ3n) is 4.36. The Bertz CT molecular complexity index is 846. The van der Waals surface area contributed by atoms with Gasteiger partial charge in [-0.3, -0.25) is 4.90 Å². The van der Waals surface area contributed by atoms with Gasteiger partial charge in [-0.05, 0) is 17.1 Å². The second kappa shape index (κ2) is 6.55. The number of nitrogens with zero attached hydrogens (tertiary/aromatic N) is 3. The first-order chi connectivity index (χ1) is 11.8. The summed E-state index contributed by atoms with van der Waals surface area (Å²) in [7, 11) is 0. The summed E-state index contributed by atoms with van der Waals surface area (Å²) in [6.45, 7) is 3.61. The van der Waals surface area contributed by atoms with E-state index in [4.69, 9.17) is 4.74 Å². The van der Waals surface area contributed by atoms with Crippen molar-refractivity contribution in [2.75, 3.05) is 26.3 Å². The first kappa shape index (κ1) is 15.1. The van der Waals surface area contributed by atoms with Crippen LogP contribution in [0.5, 0.6) is 0 Å². The fourth-order valence-electron chi connectivity index (χ4n) is 3.12. The molecule has 1 fully saturated rings. The maximum Gasteiger partial charge on any atom is 0.316 e. The number of benzene rings is 2. The lowest BCUT2D eigenvalue weighted by Gasteiger charge is -2.25. The Morgan fingerprint density at radius 1 is 1.00 bits per heavy atom. The van der Waals surface area contributed by atoms with E-state index < -0.39 is 0 Å². The molecule has 4 rings (SSSR count). The summed E-state index contributed by atoms with van der Waals surface area (Å²) in [6, 6.07) is 17.6. The van der Waals surface area contributed by atoms with Crippen LogP contribution in [0.15, 0.2) is 54.6 Å². The standard InChI is InChI=1S/C19H19N3O2/c23-22-18(14-21-10-12-24-13-11-21)20-17-9-5-4-8-16(17)19(22)15-6-2-1-3-7-15/h1-9H,10-14H2. The number of ether oxygens (including phenoxy) is 1. The highest BCUT2D eigenvalue weighted by Crippen LogP contribution is 2.24. The molecule has 2 aromatic carbocycles. The van der Waals surface area contributed by atoms with Crippen LogP contribution in [0, 0.1) is 5.21 Å². The minimum atomic E-state index is 0.537. The second-order valence-electron chi connectivity index (χ2n) is 5.94. The maximum absolute atomic E-state index is 13.1. The first-order valence-corrected chi connectivity index (χ1v) is 8.19. The average Bonchev–Trinajstić information content (AvgIpc) is 2.64. The van der Waals surface area contributed by atoms with Gasteiger partial charge in [0.1, 0.15) is 12.2 Å². The highest BCUT2D eigenvalue weighted by molar-refractivity contribution is 5.90. The van der Waals surface area contributed by atoms with Gasteiger partial charge >= 0.3 is 5.82 Å². The van der Waals surface area contributed by atoms with E-state index in [1.165, 1.54) is 0 Å². The van der Waals surface area contributed by atoms with Gasteiger partial charge in [0.25, 0.3) is 0 Å². The summed E-state index contributed by atoms with van der Waals surface area (Å²) in [5.74, 6) is 0.537. The van der Waals surface area contributed by atoms with E-state index in [9.17, 15) is 5.21 Å². The van der Waals surface area contributed by atoms with Gasteiger partial charge in [-0.25, -0.2) is 4.73 Å². The fraction of sp³-hybridized carbons (Fsp3) is 0.263. The predicted molar refractivity (Wildman–Crippen MR) is 92.2 cm³/mol. The SMILES string of the molecule is [O-][n+]1c(CN2CCOCC2)nc2ccccc2c1-c1ccccc1. The van der Waals surface area contributed by atoms with Crippen LogP contribution in [0.3, 0.4) is 0 Å². The summed E-state index contributed by atoms with van der Waals surface area (Å²) in [5, 5.41) is 13.9. The van der Waals surface area contributed by atoms with E-state index >= 15 is 0 Å². The Labute approximate surface area is 140 Å². The first-order valence-electron chi connectivity index (χ1n) is 8.19. The molecular weight excluding hydrogens is 302 g/mol. The van der Waals surface area contributed by atoms with Gasteiger partial charge in [0.2, 0.25) is 0 Å². The number of hydrogen-bond donors (Lipinski definition) is 0. The molecule has 0 spiro atoms. The van der Waals surface area contributed by atoms with E-state index in [2.05, 4.69) is 9.88 Å². The summed E-state index contributed by atoms with van der Waals surface area (Å²) < 4.78 is 6.38. The van der Waals surface area contributed by atoms with Crippen LogP contribution in [0.1, 0.15) is 5.82 Å². The average molecular weight is 321 g/mol. The van der Waals surface area contributed by atoms with Crippen molar-refractivity contribution in [3.05, 3.63) is 65.6 Å². The van der Waals surface area contributed by atoms with Crippen LogP contribution in [0.4, 0.5) is 0 Å². The molecular formula is C19H19N3O2. The van der Waals surface area contributed by atoms with Crippen molar-refractivity contribution in [1.82, 2.24) is 9.88 Å². The smallest absolute Gasteiger partial charge is 0.316 e. The Balaban J connectivity index is 1.84. The highest BCUT2D eigenvalue weighted by atomic mass is 16.5. The van der Waals surface area contributed by atoms with E-state index in [0.717, 1.165) is 34.3 Å². The van der Waals surface area contributed by atoms with Crippen molar-refractivity contribution in [3.8, 4) is 11.3 Å². The van der Waals surface area contributed by atoms with Crippen molar-refractivity contribution in [3.63, 3.8) is 0 Å². The van der Waals surface area contributed by atoms with Gasteiger partial charge in [0.15, 0.2) is 5.52 Å². The molecule has 5 nitrogen and oxygen atoms in total. The Hall–Kier alpha value is -2.50. The molecule has 0 radical (unpaired) electrons. The summed E-state index contributed by atoms with van der Waals surface area (Å²) >= 11 is 0. The van der Waals surface area contributed by atoms with E-state index in [1.54, 1.807) is 0 Å². The van der Waals surface area contributed by atoms with E-state index in [1.807, 2.05) is 54.6 Å². The molecule has 0 amide bonds. The molecule has 0 saturated carbocycles. The van der Waals surface area contributed by atoms with Crippen molar-refractivity contribution in [2.45, 2.75) is 6.54 Å². The maximum atomic E-state index is 13.1. The number of fused-ring (bicyclic) bond motifs is 1. The molecule has 0 N–H and O–H groups in total. The summed E-state index contributed by atoms with van der Waals surface area (Å²) in [5.41, 5.74) is 2.44. The van der Waals surface area contributed by atoms with Gasteiger partial charge in [-0.1, -0.05) is 42.5 Å². The normalized spacial score (nSPS) is 15.7. The molecule has 5 heteroatoms. The van der Waals surface area contributed by atoms with E-state index in [-0.39, 0.29) is 0 Å². The van der Waals surface area contributed by atoms with Crippen LogP contribution < -0.4 is 4.73 Å². The Morgan fingerprint density at radius 3 is 2.50 bits per heavy atom. The Kier molecular flexibility index (Phi) is 4.11. The fourth-order valence-corrected chi connectivity index (χ4v) is 3.12. The molecule has 1 aliphatic rings. The molecule has 1 aliphatic heterocycles. The largest absolute Gasteiger partial charge is 0.710 e. The molecule has 1 aromatic heterocycles. The van der Waals surface area contributed by atoms with Crippen LogP contribution >= 0.6 is 0 Å². The topological polar surface area (TPSA) is 52.3 Å². The minimum Gasteiger partial charge on any atom is -0.710 e. The van der Waals surface area contributed by atoms with E-state index in [0.29, 0.717) is 31.3 Å². The van der Waals surface area contributed by atoms with Gasteiger partial charge in [-0.15, -0.1) is 0 Å². The number of morpholine rings is 1. The van der Waals surface area contributed by atoms with Crippen molar-refractivity contribution >= 4 is 10.9 Å². The quantitative estimate of drug-likeness (QED) is 0.549. The zero-order valence-corrected chi connectivity index (χ0v) is 13.4. The lowest BCUT2D eigenvalue weighted by molar-refractivity contribution is -0.606. The lowest BCUT2D eigenvalue weighted by Crippen LogP contribution is -2.43. The van der Waals surface area contributed by atoms with Crippen LogP contribution in [-0.4, -0.2) is 36.2 Å². The van der Waals surface area contributed by atoms with Crippen molar-refractivity contribution < 1.29 is 9.47 Å². The van der Waals surface area contributed by atoms with Crippen LogP contribution in [0.2, 0.25) is 0 Å². The summed E-state index contributed by atoms with van der Waals surface area (Å²) in [6.07, 6.45) is 0. The zero-order valence-electron chi connectivity index (χ0n) is 13.4. The third-order valence-corrected chi connectivity index (χ3v) is 4.36. The van der Waals surface area contributed by atoms with Crippen LogP contribution in [-0.2, 0) is 11.3 Å². The van der Waals surface area contributed by atoms with Gasteiger partial charge < -0.3 is 9.94 Å². The van der Waals surface area contributed by atoms with Crippen molar-refractivity contribution in [1.29, 1.82) is 0 Å². The molecule has 0 bridgehead atoms. The van der Waals surface area contributed by atoms with Gasteiger partial charge in [-0.2, -0.15) is 0 Å². The zero-order chi connectivity index (χ0) is 16.4. The predicted octanol–water partition coefficient (Wildman–Crippen LogP) is 2.37. The number of rotatable bonds is 3. The van der Waals surface area contributed by atoms with Gasteiger partial charge in [0, 0.05) is 18.7 Å². The molecule has 2 heterocycles. The van der Waals surface area contributed by atoms with Crippen LogP contribution in [0.25, 0.3) is 22.2 Å².